The van der Waals surface area contributed by atoms with E-state index in [1.54, 1.807) is 6.07 Å². The number of carbonyl (C=O) groups is 1. The lowest BCUT2D eigenvalue weighted by atomic mass is 10.1. The van der Waals surface area contributed by atoms with Gasteiger partial charge in [0, 0.05) is 0 Å². The van der Waals surface area contributed by atoms with Crippen LogP contribution < -0.4 is 4.74 Å². The molecule has 0 aliphatic heterocycles. The molecule has 0 saturated carbocycles. The highest BCUT2D eigenvalue weighted by Crippen LogP contribution is 2.25. The molecule has 0 spiro atoms. The van der Waals surface area contributed by atoms with Crippen LogP contribution >= 0.6 is 0 Å². The van der Waals surface area contributed by atoms with Crippen molar-refractivity contribution in [3.05, 3.63) is 28.8 Å². The summed E-state index contributed by atoms with van der Waals surface area (Å²) < 4.78 is 5.56. The van der Waals surface area contributed by atoms with Crippen LogP contribution in [0.4, 0.5) is 0 Å². The zero-order chi connectivity index (χ0) is 10.6. The number of aldehydes is 1. The lowest BCUT2D eigenvalue weighted by Gasteiger charge is -2.12. The topological polar surface area (TPSA) is 26.3 Å². The first kappa shape index (κ1) is 10.8. The fraction of sp³-hybridized carbons (Fsp3) is 0.417. The second-order valence-corrected chi connectivity index (χ2v) is 3.39. The number of hydrogen-bond donors (Lipinski definition) is 0. The van der Waals surface area contributed by atoms with Gasteiger partial charge in [-0.2, -0.15) is 0 Å². The molecule has 0 amide bonds. The number of benzene rings is 1. The first-order valence-electron chi connectivity index (χ1n) is 4.88. The van der Waals surface area contributed by atoms with E-state index in [1.807, 2.05) is 26.8 Å². The number of rotatable bonds is 4. The maximum Gasteiger partial charge on any atom is 0.153 e. The Morgan fingerprint density at radius 3 is 2.64 bits per heavy atom. The zero-order valence-corrected chi connectivity index (χ0v) is 8.96. The van der Waals surface area contributed by atoms with Gasteiger partial charge in [0.1, 0.15) is 5.75 Å². The third kappa shape index (κ3) is 2.13. The van der Waals surface area contributed by atoms with Crippen molar-refractivity contribution < 1.29 is 9.53 Å². The van der Waals surface area contributed by atoms with Crippen LogP contribution in [0.5, 0.6) is 5.75 Å². The van der Waals surface area contributed by atoms with Gasteiger partial charge in [-0.25, -0.2) is 0 Å². The molecular weight excluding hydrogens is 176 g/mol. The molecule has 0 unspecified atom stereocenters. The zero-order valence-electron chi connectivity index (χ0n) is 8.96. The summed E-state index contributed by atoms with van der Waals surface area (Å²) in [6.07, 6.45) is 1.79. The highest BCUT2D eigenvalue weighted by atomic mass is 16.5. The third-order valence-corrected chi connectivity index (χ3v) is 2.28. The van der Waals surface area contributed by atoms with Gasteiger partial charge >= 0.3 is 0 Å². The lowest BCUT2D eigenvalue weighted by Crippen LogP contribution is -2.01. The Labute approximate surface area is 84.9 Å². The van der Waals surface area contributed by atoms with Crippen molar-refractivity contribution in [3.8, 4) is 5.75 Å². The van der Waals surface area contributed by atoms with Crippen LogP contribution in [0.1, 0.15) is 34.8 Å². The molecule has 0 aliphatic carbocycles. The average Bonchev–Trinajstić information content (AvgIpc) is 2.20. The van der Waals surface area contributed by atoms with Crippen molar-refractivity contribution in [1.82, 2.24) is 0 Å². The molecule has 1 aromatic carbocycles. The van der Waals surface area contributed by atoms with Crippen LogP contribution in [0.3, 0.4) is 0 Å². The fourth-order valence-electron chi connectivity index (χ4n) is 1.30. The number of aryl methyl sites for hydroxylation is 1. The molecule has 0 radical (unpaired) electrons. The van der Waals surface area contributed by atoms with Gasteiger partial charge in [-0.05, 0) is 37.5 Å². The van der Waals surface area contributed by atoms with Gasteiger partial charge in [-0.1, -0.05) is 13.0 Å². The van der Waals surface area contributed by atoms with Crippen molar-refractivity contribution >= 4 is 6.29 Å². The van der Waals surface area contributed by atoms with E-state index >= 15 is 0 Å². The Balaban J connectivity index is 3.07. The molecule has 2 heteroatoms. The second kappa shape index (κ2) is 4.80. The van der Waals surface area contributed by atoms with Crippen LogP contribution in [0, 0.1) is 13.8 Å². The van der Waals surface area contributed by atoms with Gasteiger partial charge in [0.15, 0.2) is 6.29 Å². The second-order valence-electron chi connectivity index (χ2n) is 3.39. The van der Waals surface area contributed by atoms with Crippen LogP contribution in [-0.2, 0) is 0 Å². The molecule has 14 heavy (non-hydrogen) atoms. The molecular formula is C12H16O2. The molecule has 1 rings (SSSR count). The van der Waals surface area contributed by atoms with Crippen molar-refractivity contribution in [1.29, 1.82) is 0 Å². The summed E-state index contributed by atoms with van der Waals surface area (Å²) in [5.41, 5.74) is 2.85. The van der Waals surface area contributed by atoms with Gasteiger partial charge in [0.25, 0.3) is 0 Å². The Hall–Kier alpha value is -1.31. The Morgan fingerprint density at radius 2 is 2.07 bits per heavy atom. The minimum absolute atomic E-state index is 0.640. The minimum Gasteiger partial charge on any atom is -0.493 e. The van der Waals surface area contributed by atoms with E-state index in [1.165, 1.54) is 0 Å². The quantitative estimate of drug-likeness (QED) is 0.686. The largest absolute Gasteiger partial charge is 0.493 e. The van der Waals surface area contributed by atoms with Crippen LogP contribution in [-0.4, -0.2) is 12.9 Å². The molecule has 0 N–H and O–H groups in total. The van der Waals surface area contributed by atoms with E-state index in [0.717, 1.165) is 29.6 Å². The van der Waals surface area contributed by atoms with E-state index in [0.29, 0.717) is 12.2 Å². The standard InChI is InChI=1S/C12H16O2/c1-4-7-14-12-10(3)9(2)5-6-11(12)8-13/h5-6,8H,4,7H2,1-3H3. The predicted molar refractivity (Wildman–Crippen MR) is 57.1 cm³/mol. The molecule has 1 aromatic rings. The van der Waals surface area contributed by atoms with Crippen molar-refractivity contribution in [2.75, 3.05) is 6.61 Å². The average molecular weight is 192 g/mol. The Bertz CT molecular complexity index is 329. The summed E-state index contributed by atoms with van der Waals surface area (Å²) in [5, 5.41) is 0. The first-order chi connectivity index (χ1) is 6.70. The molecule has 2 nitrogen and oxygen atoms in total. The third-order valence-electron chi connectivity index (χ3n) is 2.28. The van der Waals surface area contributed by atoms with Gasteiger partial charge in [-0.15, -0.1) is 0 Å². The Morgan fingerprint density at radius 1 is 1.36 bits per heavy atom. The first-order valence-corrected chi connectivity index (χ1v) is 4.88. The van der Waals surface area contributed by atoms with Crippen LogP contribution in [0.25, 0.3) is 0 Å². The van der Waals surface area contributed by atoms with E-state index in [-0.39, 0.29) is 0 Å². The monoisotopic (exact) mass is 192 g/mol. The van der Waals surface area contributed by atoms with Gasteiger partial charge in [0.05, 0.1) is 12.2 Å². The number of hydrogen-bond acceptors (Lipinski definition) is 2. The van der Waals surface area contributed by atoms with E-state index in [4.69, 9.17) is 4.74 Å². The fourth-order valence-corrected chi connectivity index (χ4v) is 1.30. The lowest BCUT2D eigenvalue weighted by molar-refractivity contribution is 0.111. The molecule has 0 fully saturated rings. The van der Waals surface area contributed by atoms with Crippen molar-refractivity contribution in [3.63, 3.8) is 0 Å². The summed E-state index contributed by atoms with van der Waals surface area (Å²) in [6.45, 7) is 6.70. The summed E-state index contributed by atoms with van der Waals surface area (Å²) >= 11 is 0. The highest BCUT2D eigenvalue weighted by molar-refractivity contribution is 5.80. The molecule has 0 aliphatic rings. The van der Waals surface area contributed by atoms with Crippen molar-refractivity contribution in [2.45, 2.75) is 27.2 Å². The van der Waals surface area contributed by atoms with Gasteiger partial charge < -0.3 is 4.74 Å². The summed E-state index contributed by atoms with van der Waals surface area (Å²) in [5.74, 6) is 0.738. The SMILES string of the molecule is CCCOc1c(C=O)ccc(C)c1C. The van der Waals surface area contributed by atoms with Gasteiger partial charge in [-0.3, -0.25) is 4.79 Å². The van der Waals surface area contributed by atoms with E-state index in [9.17, 15) is 4.79 Å². The summed E-state index contributed by atoms with van der Waals surface area (Å²) in [6, 6.07) is 3.75. The van der Waals surface area contributed by atoms with Crippen LogP contribution in [0.2, 0.25) is 0 Å². The molecule has 0 aromatic heterocycles. The highest BCUT2D eigenvalue weighted by Gasteiger charge is 2.07. The summed E-state index contributed by atoms with van der Waals surface area (Å²) in [4.78, 5) is 10.8. The maximum absolute atomic E-state index is 10.8. The van der Waals surface area contributed by atoms with Gasteiger partial charge in [0.2, 0.25) is 0 Å². The molecule has 0 saturated heterocycles. The van der Waals surface area contributed by atoms with E-state index in [2.05, 4.69) is 0 Å². The molecule has 0 atom stereocenters. The molecule has 0 bridgehead atoms. The number of ether oxygens (including phenoxy) is 1. The molecule has 76 valence electrons. The van der Waals surface area contributed by atoms with Crippen molar-refractivity contribution in [2.24, 2.45) is 0 Å². The molecule has 0 heterocycles. The predicted octanol–water partition coefficient (Wildman–Crippen LogP) is 2.90. The maximum atomic E-state index is 10.8. The normalized spacial score (nSPS) is 9.93. The minimum atomic E-state index is 0.640. The number of carbonyl (C=O) groups excluding carboxylic acids is 1. The smallest absolute Gasteiger partial charge is 0.153 e. The Kier molecular flexibility index (Phi) is 3.69. The summed E-state index contributed by atoms with van der Waals surface area (Å²) in [7, 11) is 0. The van der Waals surface area contributed by atoms with Crippen LogP contribution in [0.15, 0.2) is 12.1 Å². The van der Waals surface area contributed by atoms with E-state index < -0.39 is 0 Å².